The quantitative estimate of drug-likeness (QED) is 0.858. The van der Waals surface area contributed by atoms with Crippen LogP contribution in [0.1, 0.15) is 38.2 Å². The molecule has 0 bridgehead atoms. The topological polar surface area (TPSA) is 15.3 Å². The summed E-state index contributed by atoms with van der Waals surface area (Å²) in [4.78, 5) is 2.66. The molecule has 1 aromatic rings. The molecule has 1 atom stereocenters. The van der Waals surface area contributed by atoms with Gasteiger partial charge in [-0.25, -0.2) is 0 Å². The molecular weight excluding hydrogens is 220 g/mol. The fourth-order valence-corrected chi connectivity index (χ4v) is 3.53. The van der Waals surface area contributed by atoms with Crippen LogP contribution >= 0.6 is 0 Å². The van der Waals surface area contributed by atoms with Crippen LogP contribution < -0.4 is 5.32 Å². The summed E-state index contributed by atoms with van der Waals surface area (Å²) in [6.45, 7) is 9.66. The average Bonchev–Trinajstić information content (AvgIpc) is 2.72. The Morgan fingerprint density at radius 1 is 1.33 bits per heavy atom. The van der Waals surface area contributed by atoms with Crippen molar-refractivity contribution in [2.75, 3.05) is 31.5 Å². The molecule has 1 fully saturated rings. The summed E-state index contributed by atoms with van der Waals surface area (Å²) < 4.78 is 0. The molecule has 0 aliphatic carbocycles. The van der Waals surface area contributed by atoms with Crippen molar-refractivity contribution in [3.8, 4) is 0 Å². The lowest BCUT2D eigenvalue weighted by Crippen LogP contribution is -2.42. The first-order chi connectivity index (χ1) is 8.64. The number of likely N-dealkylation sites (tertiary alicyclic amines) is 1. The molecule has 0 amide bonds. The van der Waals surface area contributed by atoms with Gasteiger partial charge in [0.1, 0.15) is 0 Å². The fourth-order valence-electron chi connectivity index (χ4n) is 3.53. The molecule has 98 valence electrons. The first kappa shape index (κ1) is 12.0. The lowest BCUT2D eigenvalue weighted by atomic mass is 9.83. The van der Waals surface area contributed by atoms with E-state index in [1.165, 1.54) is 43.7 Å². The summed E-state index contributed by atoms with van der Waals surface area (Å²) in [5.41, 5.74) is 3.36. The molecule has 2 aliphatic rings. The van der Waals surface area contributed by atoms with Crippen molar-refractivity contribution in [2.24, 2.45) is 5.41 Å². The van der Waals surface area contributed by atoms with E-state index in [-0.39, 0.29) is 0 Å². The van der Waals surface area contributed by atoms with Crippen molar-refractivity contribution >= 4 is 5.69 Å². The fraction of sp³-hybridized carbons (Fsp3) is 0.625. The maximum Gasteiger partial charge on any atom is 0.0376 e. The first-order valence-electron chi connectivity index (χ1n) is 7.19. The van der Waals surface area contributed by atoms with Gasteiger partial charge in [0, 0.05) is 31.2 Å². The number of nitrogens with zero attached hydrogens (tertiary/aromatic N) is 1. The molecule has 3 rings (SSSR count). The molecule has 0 saturated carbocycles. The minimum Gasteiger partial charge on any atom is -0.384 e. The second kappa shape index (κ2) is 4.58. The van der Waals surface area contributed by atoms with Crippen LogP contribution in [-0.4, -0.2) is 31.1 Å². The van der Waals surface area contributed by atoms with Crippen LogP contribution in [-0.2, 0) is 0 Å². The third kappa shape index (κ3) is 2.39. The smallest absolute Gasteiger partial charge is 0.0376 e. The van der Waals surface area contributed by atoms with Gasteiger partial charge in [-0.15, -0.1) is 0 Å². The van der Waals surface area contributed by atoms with E-state index in [1.54, 1.807) is 0 Å². The van der Waals surface area contributed by atoms with Gasteiger partial charge in [-0.05, 0) is 36.4 Å². The van der Waals surface area contributed by atoms with Gasteiger partial charge < -0.3 is 10.2 Å². The van der Waals surface area contributed by atoms with E-state index in [0.717, 1.165) is 6.54 Å². The van der Waals surface area contributed by atoms with Gasteiger partial charge in [-0.2, -0.15) is 0 Å². The van der Waals surface area contributed by atoms with Crippen molar-refractivity contribution in [1.82, 2.24) is 4.90 Å². The Morgan fingerprint density at radius 2 is 2.17 bits per heavy atom. The van der Waals surface area contributed by atoms with Crippen LogP contribution in [0.2, 0.25) is 0 Å². The maximum atomic E-state index is 3.53. The molecule has 1 N–H and O–H groups in total. The summed E-state index contributed by atoms with van der Waals surface area (Å²) in [7, 11) is 0. The van der Waals surface area contributed by atoms with E-state index < -0.39 is 0 Å². The van der Waals surface area contributed by atoms with E-state index in [1.807, 2.05) is 0 Å². The number of nitrogens with one attached hydrogen (secondary N) is 1. The van der Waals surface area contributed by atoms with E-state index >= 15 is 0 Å². The maximum absolute atomic E-state index is 3.53. The molecule has 0 spiro atoms. The largest absolute Gasteiger partial charge is 0.384 e. The van der Waals surface area contributed by atoms with Gasteiger partial charge in [0.25, 0.3) is 0 Å². The van der Waals surface area contributed by atoms with Gasteiger partial charge in [-0.1, -0.05) is 32.0 Å². The number of anilines is 1. The highest BCUT2D eigenvalue weighted by atomic mass is 15.1. The van der Waals surface area contributed by atoms with Gasteiger partial charge >= 0.3 is 0 Å². The van der Waals surface area contributed by atoms with E-state index in [0.29, 0.717) is 11.3 Å². The van der Waals surface area contributed by atoms with Crippen LogP contribution in [0.4, 0.5) is 5.69 Å². The molecule has 1 unspecified atom stereocenters. The van der Waals surface area contributed by atoms with Gasteiger partial charge in [0.05, 0.1) is 0 Å². The molecule has 18 heavy (non-hydrogen) atoms. The van der Waals surface area contributed by atoms with E-state index in [9.17, 15) is 0 Å². The Hall–Kier alpha value is -1.02. The Morgan fingerprint density at radius 3 is 3.00 bits per heavy atom. The van der Waals surface area contributed by atoms with Crippen LogP contribution in [0, 0.1) is 5.41 Å². The monoisotopic (exact) mass is 244 g/mol. The molecule has 2 heterocycles. The molecular formula is C16H24N2. The van der Waals surface area contributed by atoms with E-state index in [4.69, 9.17) is 0 Å². The number of para-hydroxylation sites is 1. The lowest BCUT2D eigenvalue weighted by molar-refractivity contribution is 0.113. The summed E-state index contributed by atoms with van der Waals surface area (Å²) in [6.07, 6.45) is 2.73. The molecule has 0 aromatic heterocycles. The van der Waals surface area contributed by atoms with Gasteiger partial charge in [0.15, 0.2) is 0 Å². The number of piperidine rings is 1. The Bertz CT molecular complexity index is 425. The third-order valence-electron chi connectivity index (χ3n) is 4.40. The second-order valence-electron chi connectivity index (χ2n) is 6.67. The van der Waals surface area contributed by atoms with Crippen molar-refractivity contribution in [3.63, 3.8) is 0 Å². The molecule has 2 nitrogen and oxygen atoms in total. The normalized spacial score (nSPS) is 26.7. The SMILES string of the molecule is CC1(C)CCCN(CC2CNc3ccccc32)C1. The molecule has 1 aromatic carbocycles. The van der Waals surface area contributed by atoms with Crippen molar-refractivity contribution in [3.05, 3.63) is 29.8 Å². The minimum absolute atomic E-state index is 0.504. The van der Waals surface area contributed by atoms with Crippen LogP contribution in [0.25, 0.3) is 0 Å². The number of fused-ring (bicyclic) bond motifs is 1. The molecule has 0 radical (unpaired) electrons. The van der Waals surface area contributed by atoms with Crippen molar-refractivity contribution < 1.29 is 0 Å². The lowest BCUT2D eigenvalue weighted by Gasteiger charge is -2.39. The number of benzene rings is 1. The zero-order valence-corrected chi connectivity index (χ0v) is 11.6. The summed E-state index contributed by atoms with van der Waals surface area (Å²) in [5.74, 6) is 0.676. The van der Waals surface area contributed by atoms with Crippen molar-refractivity contribution in [1.29, 1.82) is 0 Å². The Balaban J connectivity index is 1.68. The zero-order valence-electron chi connectivity index (χ0n) is 11.6. The van der Waals surface area contributed by atoms with Gasteiger partial charge in [-0.3, -0.25) is 0 Å². The molecule has 1 saturated heterocycles. The highest BCUT2D eigenvalue weighted by Crippen LogP contribution is 2.34. The standard InChI is InChI=1S/C16H24N2/c1-16(2)8-5-9-18(12-16)11-13-10-17-15-7-4-3-6-14(13)15/h3-4,6-7,13,17H,5,8-12H2,1-2H3. The summed E-state index contributed by atoms with van der Waals surface area (Å²) in [5, 5.41) is 3.53. The van der Waals surface area contributed by atoms with Crippen LogP contribution in [0.15, 0.2) is 24.3 Å². The predicted molar refractivity (Wildman–Crippen MR) is 77.1 cm³/mol. The third-order valence-corrected chi connectivity index (χ3v) is 4.40. The van der Waals surface area contributed by atoms with Crippen LogP contribution in [0.5, 0.6) is 0 Å². The Kier molecular flexibility index (Phi) is 3.06. The van der Waals surface area contributed by atoms with E-state index in [2.05, 4.69) is 48.3 Å². The van der Waals surface area contributed by atoms with Crippen LogP contribution in [0.3, 0.4) is 0 Å². The van der Waals surface area contributed by atoms with Crippen molar-refractivity contribution in [2.45, 2.75) is 32.6 Å². The second-order valence-corrected chi connectivity index (χ2v) is 6.67. The van der Waals surface area contributed by atoms with Gasteiger partial charge in [0.2, 0.25) is 0 Å². The highest BCUT2D eigenvalue weighted by molar-refractivity contribution is 5.57. The zero-order chi connectivity index (χ0) is 12.6. The number of hydrogen-bond acceptors (Lipinski definition) is 2. The molecule has 2 heteroatoms. The summed E-state index contributed by atoms with van der Waals surface area (Å²) in [6, 6.07) is 8.78. The Labute approximate surface area is 110 Å². The molecule has 2 aliphatic heterocycles. The minimum atomic E-state index is 0.504. The number of hydrogen-bond donors (Lipinski definition) is 1. The summed E-state index contributed by atoms with van der Waals surface area (Å²) >= 11 is 0. The predicted octanol–water partition coefficient (Wildman–Crippen LogP) is 3.32. The number of rotatable bonds is 2. The average molecular weight is 244 g/mol. The first-order valence-corrected chi connectivity index (χ1v) is 7.19. The highest BCUT2D eigenvalue weighted by Gasteiger charge is 2.30.